The third-order valence-corrected chi connectivity index (χ3v) is 5.24. The van der Waals surface area contributed by atoms with Crippen LogP contribution in [-0.4, -0.2) is 18.4 Å². The van der Waals surface area contributed by atoms with E-state index in [1.807, 2.05) is 85.8 Å². The minimum atomic E-state index is -0.179. The van der Waals surface area contributed by atoms with Gasteiger partial charge in [0.1, 0.15) is 12.4 Å². The highest BCUT2D eigenvalue weighted by molar-refractivity contribution is 6.04. The number of ether oxygens (including phenoxy) is 1. The first kappa shape index (κ1) is 23.6. The lowest BCUT2D eigenvalue weighted by Gasteiger charge is -2.11. The number of carbonyl (C=O) groups excluding carboxylic acids is 2. The highest BCUT2D eigenvalue weighted by Gasteiger charge is 2.07. The summed E-state index contributed by atoms with van der Waals surface area (Å²) in [6, 6.07) is 31.9. The highest BCUT2D eigenvalue weighted by Crippen LogP contribution is 2.19. The van der Waals surface area contributed by atoms with E-state index in [1.54, 1.807) is 24.3 Å². The fourth-order valence-electron chi connectivity index (χ4n) is 3.45. The normalized spacial score (nSPS) is 10.3. The van der Waals surface area contributed by atoms with Crippen molar-refractivity contribution in [1.82, 2.24) is 0 Å². The molecule has 0 aliphatic rings. The van der Waals surface area contributed by atoms with Gasteiger partial charge in [-0.3, -0.25) is 9.59 Å². The van der Waals surface area contributed by atoms with Crippen molar-refractivity contribution in [3.05, 3.63) is 120 Å². The summed E-state index contributed by atoms with van der Waals surface area (Å²) >= 11 is 0. The summed E-state index contributed by atoms with van der Waals surface area (Å²) < 4.78 is 5.82. The van der Waals surface area contributed by atoms with Gasteiger partial charge in [-0.15, -0.1) is 0 Å². The Kier molecular flexibility index (Phi) is 7.76. The Hall–Kier alpha value is -4.58. The van der Waals surface area contributed by atoms with Crippen molar-refractivity contribution in [2.75, 3.05) is 22.5 Å². The van der Waals surface area contributed by atoms with Crippen molar-refractivity contribution in [3.63, 3.8) is 0 Å². The smallest absolute Gasteiger partial charge is 0.255 e. The molecule has 4 rings (SSSR count). The number of hydrogen-bond donors (Lipinski definition) is 3. The lowest BCUT2D eigenvalue weighted by atomic mass is 10.1. The first-order chi connectivity index (χ1) is 17.0. The third-order valence-electron chi connectivity index (χ3n) is 5.24. The average Bonchev–Trinajstić information content (AvgIpc) is 2.88. The van der Waals surface area contributed by atoms with Gasteiger partial charge in [0.05, 0.1) is 6.54 Å². The summed E-state index contributed by atoms with van der Waals surface area (Å²) in [5, 5.41) is 8.84. The molecule has 0 spiro atoms. The van der Waals surface area contributed by atoms with E-state index in [1.165, 1.54) is 0 Å². The number of carbonyl (C=O) groups is 2. The van der Waals surface area contributed by atoms with Gasteiger partial charge in [-0.1, -0.05) is 54.1 Å². The van der Waals surface area contributed by atoms with Gasteiger partial charge in [0.2, 0.25) is 5.91 Å². The van der Waals surface area contributed by atoms with Gasteiger partial charge in [-0.25, -0.2) is 0 Å². The Morgan fingerprint density at radius 3 is 2.23 bits per heavy atom. The summed E-state index contributed by atoms with van der Waals surface area (Å²) in [6.45, 7) is 2.51. The van der Waals surface area contributed by atoms with Crippen molar-refractivity contribution in [2.24, 2.45) is 0 Å². The Morgan fingerprint density at radius 1 is 0.714 bits per heavy atom. The van der Waals surface area contributed by atoms with Crippen molar-refractivity contribution in [3.8, 4) is 5.75 Å². The van der Waals surface area contributed by atoms with Gasteiger partial charge in [-0.05, 0) is 61.0 Å². The molecular weight excluding hydrogens is 438 g/mol. The molecule has 3 N–H and O–H groups in total. The molecule has 0 radical (unpaired) electrons. The van der Waals surface area contributed by atoms with Gasteiger partial charge < -0.3 is 20.7 Å². The van der Waals surface area contributed by atoms with Crippen LogP contribution < -0.4 is 20.7 Å². The largest absolute Gasteiger partial charge is 0.489 e. The van der Waals surface area contributed by atoms with Crippen LogP contribution in [0.25, 0.3) is 0 Å². The summed E-state index contributed by atoms with van der Waals surface area (Å²) in [5.41, 5.74) is 4.83. The van der Waals surface area contributed by atoms with Crippen LogP contribution in [0.3, 0.4) is 0 Å². The lowest BCUT2D eigenvalue weighted by molar-refractivity contribution is -0.114. The quantitative estimate of drug-likeness (QED) is 0.289. The molecule has 0 aliphatic heterocycles. The molecule has 0 atom stereocenters. The molecule has 176 valence electrons. The molecule has 0 unspecified atom stereocenters. The predicted molar refractivity (Wildman–Crippen MR) is 140 cm³/mol. The molecule has 4 aromatic carbocycles. The minimum absolute atomic E-state index is 0.101. The fraction of sp³-hybridized carbons (Fsp3) is 0.103. The van der Waals surface area contributed by atoms with E-state index in [2.05, 4.69) is 16.0 Å². The molecule has 35 heavy (non-hydrogen) atoms. The van der Waals surface area contributed by atoms with Crippen molar-refractivity contribution < 1.29 is 14.3 Å². The number of hydrogen-bond acceptors (Lipinski definition) is 4. The Morgan fingerprint density at radius 2 is 1.46 bits per heavy atom. The zero-order valence-corrected chi connectivity index (χ0v) is 19.5. The molecule has 0 bridgehead atoms. The van der Waals surface area contributed by atoms with Crippen LogP contribution in [0.2, 0.25) is 0 Å². The molecule has 0 aliphatic carbocycles. The maximum Gasteiger partial charge on any atom is 0.255 e. The van der Waals surface area contributed by atoms with Gasteiger partial charge in [0, 0.05) is 28.7 Å². The van der Waals surface area contributed by atoms with Crippen LogP contribution in [0.15, 0.2) is 103 Å². The number of benzene rings is 4. The van der Waals surface area contributed by atoms with Crippen molar-refractivity contribution >= 4 is 28.9 Å². The molecule has 0 fully saturated rings. The van der Waals surface area contributed by atoms with E-state index in [4.69, 9.17) is 4.74 Å². The molecule has 0 saturated heterocycles. The number of anilines is 3. The molecule has 0 saturated carbocycles. The lowest BCUT2D eigenvalue weighted by Crippen LogP contribution is -2.21. The van der Waals surface area contributed by atoms with Crippen LogP contribution >= 0.6 is 0 Å². The van der Waals surface area contributed by atoms with Crippen LogP contribution in [-0.2, 0) is 11.4 Å². The third kappa shape index (κ3) is 7.20. The van der Waals surface area contributed by atoms with E-state index in [9.17, 15) is 9.59 Å². The number of nitrogens with one attached hydrogen (secondary N) is 3. The highest BCUT2D eigenvalue weighted by atomic mass is 16.5. The van der Waals surface area contributed by atoms with Crippen molar-refractivity contribution in [1.29, 1.82) is 0 Å². The van der Waals surface area contributed by atoms with Crippen LogP contribution in [0.1, 0.15) is 21.5 Å². The number of amides is 2. The van der Waals surface area contributed by atoms with Crippen LogP contribution in [0, 0.1) is 6.92 Å². The van der Waals surface area contributed by atoms with Crippen LogP contribution in [0.4, 0.5) is 17.1 Å². The first-order valence-corrected chi connectivity index (χ1v) is 11.3. The standard InChI is InChI=1S/C29H27N3O3/c1-21-7-5-10-23(17-21)29(34)32-25-15-13-24(14-16-25)30-19-28(33)31-26-11-6-12-27(18-26)35-20-22-8-3-2-4-9-22/h2-18,30H,19-20H2,1H3,(H,31,33)(H,32,34). The van der Waals surface area contributed by atoms with E-state index < -0.39 is 0 Å². The summed E-state index contributed by atoms with van der Waals surface area (Å²) in [6.07, 6.45) is 0. The van der Waals surface area contributed by atoms with E-state index in [0.29, 0.717) is 29.3 Å². The molecule has 0 aromatic heterocycles. The zero-order valence-electron chi connectivity index (χ0n) is 19.5. The Balaban J connectivity index is 1.24. The van der Waals surface area contributed by atoms with Gasteiger partial charge in [0.15, 0.2) is 0 Å². The van der Waals surface area contributed by atoms with Gasteiger partial charge in [0.25, 0.3) is 5.91 Å². The van der Waals surface area contributed by atoms with Gasteiger partial charge >= 0.3 is 0 Å². The topological polar surface area (TPSA) is 79.5 Å². The first-order valence-electron chi connectivity index (χ1n) is 11.3. The summed E-state index contributed by atoms with van der Waals surface area (Å²) in [5.74, 6) is 0.341. The fourth-order valence-corrected chi connectivity index (χ4v) is 3.45. The Bertz CT molecular complexity index is 1290. The number of rotatable bonds is 9. The second-order valence-corrected chi connectivity index (χ2v) is 8.10. The minimum Gasteiger partial charge on any atom is -0.489 e. The molecule has 6 heteroatoms. The second kappa shape index (κ2) is 11.5. The average molecular weight is 466 g/mol. The van der Waals surface area contributed by atoms with Crippen LogP contribution in [0.5, 0.6) is 5.75 Å². The molecule has 4 aromatic rings. The second-order valence-electron chi connectivity index (χ2n) is 8.10. The van der Waals surface area contributed by atoms with Gasteiger partial charge in [-0.2, -0.15) is 0 Å². The maximum absolute atomic E-state index is 12.4. The monoisotopic (exact) mass is 465 g/mol. The predicted octanol–water partition coefficient (Wildman–Crippen LogP) is 5.88. The van der Waals surface area contributed by atoms with Crippen molar-refractivity contribution in [2.45, 2.75) is 13.5 Å². The Labute approximate surface area is 205 Å². The maximum atomic E-state index is 12.4. The van der Waals surface area contributed by atoms with E-state index >= 15 is 0 Å². The van der Waals surface area contributed by atoms with E-state index in [0.717, 1.165) is 16.8 Å². The molecule has 2 amide bonds. The SMILES string of the molecule is Cc1cccc(C(=O)Nc2ccc(NCC(=O)Nc3cccc(OCc4ccccc4)c3)cc2)c1. The number of aryl methyl sites for hydroxylation is 1. The summed E-state index contributed by atoms with van der Waals surface area (Å²) in [4.78, 5) is 24.8. The van der Waals surface area contributed by atoms with E-state index in [-0.39, 0.29) is 18.4 Å². The zero-order chi connectivity index (χ0) is 24.5. The summed E-state index contributed by atoms with van der Waals surface area (Å²) in [7, 11) is 0. The molecule has 6 nitrogen and oxygen atoms in total. The molecular formula is C29H27N3O3. The molecule has 0 heterocycles.